The lowest BCUT2D eigenvalue weighted by atomic mass is 10.0. The highest BCUT2D eigenvalue weighted by atomic mass is 32.1. The van der Waals surface area contributed by atoms with Gasteiger partial charge in [0.2, 0.25) is 0 Å². The van der Waals surface area contributed by atoms with Gasteiger partial charge < -0.3 is 5.32 Å². The maximum Gasteiger partial charge on any atom is 0.140 e. The van der Waals surface area contributed by atoms with Crippen LogP contribution in [0.25, 0.3) is 0 Å². The lowest BCUT2D eigenvalue weighted by molar-refractivity contribution is -0.119. The van der Waals surface area contributed by atoms with Crippen LogP contribution >= 0.6 is 11.3 Å². The fourth-order valence-corrected chi connectivity index (χ4v) is 3.03. The maximum atomic E-state index is 11.8. The number of rotatable bonds is 4. The lowest BCUT2D eigenvalue weighted by Crippen LogP contribution is -2.14. The summed E-state index contributed by atoms with van der Waals surface area (Å²) in [5, 5.41) is 4.27. The minimum atomic E-state index is 0.336. The molecule has 1 N–H and O–H groups in total. The zero-order valence-corrected chi connectivity index (χ0v) is 10.7. The normalized spacial score (nSPS) is 20.2. The van der Waals surface area contributed by atoms with Crippen molar-refractivity contribution in [2.45, 2.75) is 33.1 Å². The van der Waals surface area contributed by atoms with Gasteiger partial charge in [0.1, 0.15) is 10.8 Å². The van der Waals surface area contributed by atoms with Crippen molar-refractivity contribution < 1.29 is 4.79 Å². The summed E-state index contributed by atoms with van der Waals surface area (Å²) in [6.45, 7) is 6.12. The van der Waals surface area contributed by atoms with E-state index in [9.17, 15) is 4.79 Å². The summed E-state index contributed by atoms with van der Waals surface area (Å²) in [4.78, 5) is 17.5. The Labute approximate surface area is 100 Å². The van der Waals surface area contributed by atoms with Crippen LogP contribution in [0.5, 0.6) is 0 Å². The van der Waals surface area contributed by atoms with E-state index in [1.54, 1.807) is 11.3 Å². The Morgan fingerprint density at radius 2 is 2.38 bits per heavy atom. The molecular formula is C12H18N2OS. The molecule has 1 unspecified atom stereocenters. The van der Waals surface area contributed by atoms with Crippen molar-refractivity contribution in [1.82, 2.24) is 10.3 Å². The minimum absolute atomic E-state index is 0.336. The first-order chi connectivity index (χ1) is 7.65. The first-order valence-electron chi connectivity index (χ1n) is 5.80. The number of nitrogens with one attached hydrogen (secondary N) is 1. The number of aromatic nitrogens is 1. The van der Waals surface area contributed by atoms with Crippen LogP contribution in [0.15, 0.2) is 0 Å². The van der Waals surface area contributed by atoms with Crippen LogP contribution in [-0.2, 0) is 11.2 Å². The Hall–Kier alpha value is -0.740. The number of carbonyl (C=O) groups excluding carboxylic acids is 1. The van der Waals surface area contributed by atoms with Gasteiger partial charge in [-0.15, -0.1) is 11.3 Å². The van der Waals surface area contributed by atoms with E-state index in [2.05, 4.69) is 17.2 Å². The van der Waals surface area contributed by atoms with Gasteiger partial charge in [0.15, 0.2) is 0 Å². The number of hydrogen-bond donors (Lipinski definition) is 1. The van der Waals surface area contributed by atoms with Gasteiger partial charge in [-0.2, -0.15) is 0 Å². The smallest absolute Gasteiger partial charge is 0.140 e. The molecule has 3 nitrogen and oxygen atoms in total. The van der Waals surface area contributed by atoms with Crippen LogP contribution in [0.3, 0.4) is 0 Å². The summed E-state index contributed by atoms with van der Waals surface area (Å²) in [5.74, 6) is 0.886. The third-order valence-corrected chi connectivity index (χ3v) is 4.17. The Bertz CT molecular complexity index is 361. The molecule has 16 heavy (non-hydrogen) atoms. The minimum Gasteiger partial charge on any atom is -0.316 e. The van der Waals surface area contributed by atoms with Gasteiger partial charge >= 0.3 is 0 Å². The molecule has 1 aliphatic heterocycles. The molecule has 2 heterocycles. The van der Waals surface area contributed by atoms with Crippen molar-refractivity contribution in [2.75, 3.05) is 13.1 Å². The molecule has 0 bridgehead atoms. The van der Waals surface area contributed by atoms with Gasteiger partial charge in [-0.1, -0.05) is 0 Å². The highest BCUT2D eigenvalue weighted by Gasteiger charge is 2.19. The molecule has 1 fully saturated rings. The number of Topliss-reactive ketones (excluding diaryl/α,β-unsaturated/α-hetero) is 1. The molecule has 0 amide bonds. The molecule has 0 radical (unpaired) electrons. The third kappa shape index (κ3) is 2.89. The van der Waals surface area contributed by atoms with Crippen molar-refractivity contribution in [3.8, 4) is 0 Å². The quantitative estimate of drug-likeness (QED) is 0.870. The van der Waals surface area contributed by atoms with Crippen LogP contribution < -0.4 is 5.32 Å². The molecule has 88 valence electrons. The molecular weight excluding hydrogens is 220 g/mol. The first-order valence-corrected chi connectivity index (χ1v) is 6.62. The molecule has 2 rings (SSSR count). The van der Waals surface area contributed by atoms with Crippen molar-refractivity contribution in [3.05, 3.63) is 15.6 Å². The number of thiazole rings is 1. The van der Waals surface area contributed by atoms with Crippen LogP contribution in [0.4, 0.5) is 0 Å². The standard InChI is InChI=1S/C12H18N2OS/c1-8-9(2)16-12(14-8)6-11(15)5-10-3-4-13-7-10/h10,13H,3-7H2,1-2H3. The fraction of sp³-hybridized carbons (Fsp3) is 0.667. The summed E-state index contributed by atoms with van der Waals surface area (Å²) < 4.78 is 0. The Balaban J connectivity index is 1.86. The van der Waals surface area contributed by atoms with E-state index >= 15 is 0 Å². The van der Waals surface area contributed by atoms with Gasteiger partial charge in [0.25, 0.3) is 0 Å². The summed E-state index contributed by atoms with van der Waals surface area (Å²) in [6.07, 6.45) is 2.38. The first kappa shape index (κ1) is 11.7. The highest BCUT2D eigenvalue weighted by Crippen LogP contribution is 2.19. The molecule has 0 saturated carbocycles. The molecule has 4 heteroatoms. The highest BCUT2D eigenvalue weighted by molar-refractivity contribution is 7.11. The summed E-state index contributed by atoms with van der Waals surface area (Å²) >= 11 is 1.65. The molecule has 1 aliphatic rings. The number of nitrogens with zero attached hydrogens (tertiary/aromatic N) is 1. The van der Waals surface area contributed by atoms with Crippen LogP contribution in [-0.4, -0.2) is 23.9 Å². The van der Waals surface area contributed by atoms with E-state index < -0.39 is 0 Å². The fourth-order valence-electron chi connectivity index (χ4n) is 2.07. The molecule has 1 aromatic rings. The lowest BCUT2D eigenvalue weighted by Gasteiger charge is -2.05. The summed E-state index contributed by atoms with van der Waals surface area (Å²) in [7, 11) is 0. The monoisotopic (exact) mass is 238 g/mol. The number of ketones is 1. The van der Waals surface area contributed by atoms with E-state index in [1.807, 2.05) is 6.92 Å². The third-order valence-electron chi connectivity index (χ3n) is 3.10. The average Bonchev–Trinajstić information content (AvgIpc) is 2.78. The van der Waals surface area contributed by atoms with Gasteiger partial charge in [0, 0.05) is 11.3 Å². The van der Waals surface area contributed by atoms with Crippen molar-refractivity contribution in [1.29, 1.82) is 0 Å². The predicted octanol–water partition coefficient (Wildman–Crippen LogP) is 1.87. The zero-order valence-electron chi connectivity index (χ0n) is 9.88. The van der Waals surface area contributed by atoms with E-state index in [0.717, 1.165) is 30.2 Å². The Morgan fingerprint density at radius 1 is 1.56 bits per heavy atom. The molecule has 1 saturated heterocycles. The van der Waals surface area contributed by atoms with Crippen molar-refractivity contribution in [2.24, 2.45) is 5.92 Å². The van der Waals surface area contributed by atoms with E-state index in [4.69, 9.17) is 0 Å². The van der Waals surface area contributed by atoms with Crippen molar-refractivity contribution >= 4 is 17.1 Å². The number of hydrogen-bond acceptors (Lipinski definition) is 4. The zero-order chi connectivity index (χ0) is 11.5. The molecule has 1 aromatic heterocycles. The Morgan fingerprint density at radius 3 is 2.94 bits per heavy atom. The predicted molar refractivity (Wildman–Crippen MR) is 65.9 cm³/mol. The molecule has 0 aliphatic carbocycles. The van der Waals surface area contributed by atoms with E-state index in [-0.39, 0.29) is 0 Å². The van der Waals surface area contributed by atoms with Crippen LogP contribution in [0, 0.1) is 19.8 Å². The SMILES string of the molecule is Cc1nc(CC(=O)CC2CCNC2)sc1C. The second kappa shape index (κ2) is 5.06. The largest absolute Gasteiger partial charge is 0.316 e. The number of carbonyl (C=O) groups is 1. The number of aryl methyl sites for hydroxylation is 2. The average molecular weight is 238 g/mol. The van der Waals surface area contributed by atoms with Gasteiger partial charge in [-0.3, -0.25) is 4.79 Å². The summed E-state index contributed by atoms with van der Waals surface area (Å²) in [5.41, 5.74) is 1.07. The van der Waals surface area contributed by atoms with Crippen LogP contribution in [0.2, 0.25) is 0 Å². The van der Waals surface area contributed by atoms with Gasteiger partial charge in [0.05, 0.1) is 12.1 Å². The van der Waals surface area contributed by atoms with Gasteiger partial charge in [-0.25, -0.2) is 4.98 Å². The molecule has 1 atom stereocenters. The second-order valence-corrected chi connectivity index (χ2v) is 5.82. The van der Waals surface area contributed by atoms with E-state index in [0.29, 0.717) is 24.5 Å². The summed E-state index contributed by atoms with van der Waals surface area (Å²) in [6, 6.07) is 0. The topological polar surface area (TPSA) is 42.0 Å². The molecule has 0 aromatic carbocycles. The van der Waals surface area contributed by atoms with Crippen LogP contribution in [0.1, 0.15) is 28.4 Å². The van der Waals surface area contributed by atoms with E-state index in [1.165, 1.54) is 4.88 Å². The van der Waals surface area contributed by atoms with Gasteiger partial charge in [-0.05, 0) is 39.3 Å². The molecule has 0 spiro atoms. The second-order valence-electron chi connectivity index (χ2n) is 4.53. The Kier molecular flexibility index (Phi) is 3.71. The van der Waals surface area contributed by atoms with Crippen molar-refractivity contribution in [3.63, 3.8) is 0 Å². The maximum absolute atomic E-state index is 11.8.